The number of rotatable bonds is 1. The molecule has 2 heteroatoms. The van der Waals surface area contributed by atoms with Crippen molar-refractivity contribution in [3.63, 3.8) is 0 Å². The van der Waals surface area contributed by atoms with Crippen LogP contribution < -0.4 is 0 Å². The molecule has 3 unspecified atom stereocenters. The molecule has 0 spiro atoms. The lowest BCUT2D eigenvalue weighted by Crippen LogP contribution is -2.46. The van der Waals surface area contributed by atoms with Crippen LogP contribution in [0.4, 0.5) is 0 Å². The van der Waals surface area contributed by atoms with Gasteiger partial charge in [-0.15, -0.1) is 0 Å². The number of hydrogen-bond donors (Lipinski definition) is 1. The summed E-state index contributed by atoms with van der Waals surface area (Å²) in [5.74, 6) is 0. The van der Waals surface area contributed by atoms with E-state index in [0.29, 0.717) is 12.1 Å². The van der Waals surface area contributed by atoms with Crippen molar-refractivity contribution in [2.24, 2.45) is 0 Å². The van der Waals surface area contributed by atoms with E-state index < -0.39 is 0 Å². The van der Waals surface area contributed by atoms with E-state index in [1.807, 2.05) is 0 Å². The highest BCUT2D eigenvalue weighted by Crippen LogP contribution is 2.22. The van der Waals surface area contributed by atoms with Gasteiger partial charge in [0.2, 0.25) is 0 Å². The summed E-state index contributed by atoms with van der Waals surface area (Å²) in [6.45, 7) is 4.37. The van der Waals surface area contributed by atoms with E-state index >= 15 is 0 Å². The maximum Gasteiger partial charge on any atom is 0.0570 e. The summed E-state index contributed by atoms with van der Waals surface area (Å²) < 4.78 is 0. The molecule has 0 bridgehead atoms. The van der Waals surface area contributed by atoms with Gasteiger partial charge in [0.25, 0.3) is 0 Å². The van der Waals surface area contributed by atoms with E-state index in [9.17, 15) is 5.11 Å². The van der Waals surface area contributed by atoms with Crippen molar-refractivity contribution >= 4 is 0 Å². The molecule has 1 rings (SSSR count). The molecule has 0 aromatic rings. The van der Waals surface area contributed by atoms with Gasteiger partial charge in [-0.05, 0) is 33.2 Å². The van der Waals surface area contributed by atoms with Crippen LogP contribution >= 0.6 is 0 Å². The summed E-state index contributed by atoms with van der Waals surface area (Å²) in [6, 6.07) is 1.14. The smallest absolute Gasteiger partial charge is 0.0570 e. The normalized spacial score (nSPS) is 40.9. The molecule has 0 saturated carbocycles. The average molecular weight is 157 g/mol. The SMILES string of the molecule is CCC1CC(O)CC(C)N1C. The average Bonchev–Trinajstić information content (AvgIpc) is 1.96. The van der Waals surface area contributed by atoms with Crippen LogP contribution in [0, 0.1) is 0 Å². The second-order valence-electron chi connectivity index (χ2n) is 3.70. The molecule has 0 radical (unpaired) electrons. The Bertz CT molecular complexity index is 127. The molecule has 0 aliphatic carbocycles. The maximum absolute atomic E-state index is 9.47. The van der Waals surface area contributed by atoms with Gasteiger partial charge in [0.15, 0.2) is 0 Å². The second-order valence-corrected chi connectivity index (χ2v) is 3.70. The van der Waals surface area contributed by atoms with Gasteiger partial charge in [-0.1, -0.05) is 6.92 Å². The molecular weight excluding hydrogens is 138 g/mol. The quantitative estimate of drug-likeness (QED) is 0.619. The van der Waals surface area contributed by atoms with Crippen LogP contribution in [0.2, 0.25) is 0 Å². The Kier molecular flexibility index (Phi) is 2.90. The zero-order valence-electron chi connectivity index (χ0n) is 7.75. The Balaban J connectivity index is 2.51. The van der Waals surface area contributed by atoms with Gasteiger partial charge in [0, 0.05) is 12.1 Å². The number of aliphatic hydroxyl groups excluding tert-OH is 1. The van der Waals surface area contributed by atoms with Crippen LogP contribution in [0.25, 0.3) is 0 Å². The van der Waals surface area contributed by atoms with Crippen molar-refractivity contribution in [1.29, 1.82) is 0 Å². The van der Waals surface area contributed by atoms with Gasteiger partial charge in [0.05, 0.1) is 6.10 Å². The molecule has 1 saturated heterocycles. The van der Waals surface area contributed by atoms with Gasteiger partial charge in [-0.25, -0.2) is 0 Å². The zero-order chi connectivity index (χ0) is 8.43. The van der Waals surface area contributed by atoms with E-state index in [1.54, 1.807) is 0 Å². The molecular formula is C9H19NO. The molecule has 2 nitrogen and oxygen atoms in total. The Labute approximate surface area is 69.2 Å². The van der Waals surface area contributed by atoms with Crippen molar-refractivity contribution in [2.75, 3.05) is 7.05 Å². The highest BCUT2D eigenvalue weighted by molar-refractivity contribution is 4.83. The first-order valence-electron chi connectivity index (χ1n) is 4.55. The van der Waals surface area contributed by atoms with Crippen LogP contribution in [0.1, 0.15) is 33.1 Å². The van der Waals surface area contributed by atoms with Crippen molar-refractivity contribution in [3.8, 4) is 0 Å². The summed E-state index contributed by atoms with van der Waals surface area (Å²) in [7, 11) is 2.16. The highest BCUT2D eigenvalue weighted by atomic mass is 16.3. The van der Waals surface area contributed by atoms with E-state index in [0.717, 1.165) is 19.3 Å². The first-order valence-corrected chi connectivity index (χ1v) is 4.55. The highest BCUT2D eigenvalue weighted by Gasteiger charge is 2.28. The minimum Gasteiger partial charge on any atom is -0.393 e. The van der Waals surface area contributed by atoms with Crippen LogP contribution in [0.5, 0.6) is 0 Å². The Morgan fingerprint density at radius 2 is 2.09 bits per heavy atom. The first-order chi connectivity index (χ1) is 5.15. The Morgan fingerprint density at radius 1 is 1.45 bits per heavy atom. The van der Waals surface area contributed by atoms with E-state index in [2.05, 4.69) is 25.8 Å². The summed E-state index contributed by atoms with van der Waals surface area (Å²) >= 11 is 0. The fourth-order valence-corrected chi connectivity index (χ4v) is 1.95. The lowest BCUT2D eigenvalue weighted by Gasteiger charge is -2.39. The van der Waals surface area contributed by atoms with Crippen molar-refractivity contribution in [1.82, 2.24) is 4.90 Å². The maximum atomic E-state index is 9.47. The topological polar surface area (TPSA) is 23.5 Å². The molecule has 11 heavy (non-hydrogen) atoms. The third-order valence-corrected chi connectivity index (χ3v) is 2.90. The predicted octanol–water partition coefficient (Wildman–Crippen LogP) is 1.24. The summed E-state index contributed by atoms with van der Waals surface area (Å²) in [5, 5.41) is 9.47. The molecule has 3 atom stereocenters. The number of nitrogens with zero attached hydrogens (tertiary/aromatic N) is 1. The standard InChI is InChI=1S/C9H19NO/c1-4-8-6-9(11)5-7(2)10(8)3/h7-9,11H,4-6H2,1-3H3. The third kappa shape index (κ3) is 1.94. The third-order valence-electron chi connectivity index (χ3n) is 2.90. The molecule has 66 valence electrons. The molecule has 0 aromatic heterocycles. The lowest BCUT2D eigenvalue weighted by atomic mass is 9.93. The summed E-state index contributed by atoms with van der Waals surface area (Å²) in [4.78, 5) is 2.38. The largest absolute Gasteiger partial charge is 0.393 e. The Morgan fingerprint density at radius 3 is 2.64 bits per heavy atom. The fourth-order valence-electron chi connectivity index (χ4n) is 1.95. The van der Waals surface area contributed by atoms with Crippen molar-refractivity contribution < 1.29 is 5.11 Å². The van der Waals surface area contributed by atoms with Crippen molar-refractivity contribution in [3.05, 3.63) is 0 Å². The van der Waals surface area contributed by atoms with Crippen molar-refractivity contribution in [2.45, 2.75) is 51.3 Å². The van der Waals surface area contributed by atoms with Crippen LogP contribution in [-0.2, 0) is 0 Å². The summed E-state index contributed by atoms with van der Waals surface area (Å²) in [5.41, 5.74) is 0. The van der Waals surface area contributed by atoms with Gasteiger partial charge in [0.1, 0.15) is 0 Å². The first kappa shape index (κ1) is 9.01. The van der Waals surface area contributed by atoms with Gasteiger partial charge >= 0.3 is 0 Å². The number of likely N-dealkylation sites (tertiary alicyclic amines) is 1. The number of hydrogen-bond acceptors (Lipinski definition) is 2. The molecule has 1 heterocycles. The summed E-state index contributed by atoms with van der Waals surface area (Å²) in [6.07, 6.45) is 2.98. The number of aliphatic hydroxyl groups is 1. The van der Waals surface area contributed by atoms with Crippen LogP contribution in [0.3, 0.4) is 0 Å². The molecule has 1 aliphatic heterocycles. The van der Waals surface area contributed by atoms with E-state index in [-0.39, 0.29) is 6.10 Å². The number of piperidine rings is 1. The predicted molar refractivity (Wildman–Crippen MR) is 46.5 cm³/mol. The van der Waals surface area contributed by atoms with Gasteiger partial charge < -0.3 is 10.0 Å². The second kappa shape index (κ2) is 3.55. The lowest BCUT2D eigenvalue weighted by molar-refractivity contribution is 0.0211. The molecule has 0 amide bonds. The van der Waals surface area contributed by atoms with Crippen LogP contribution in [0.15, 0.2) is 0 Å². The minimum atomic E-state index is -0.0638. The monoisotopic (exact) mass is 157 g/mol. The molecule has 0 aromatic carbocycles. The van der Waals surface area contributed by atoms with Gasteiger partial charge in [-0.3, -0.25) is 0 Å². The van der Waals surface area contributed by atoms with E-state index in [1.165, 1.54) is 0 Å². The fraction of sp³-hybridized carbons (Fsp3) is 1.00. The van der Waals surface area contributed by atoms with Crippen LogP contribution in [-0.4, -0.2) is 35.2 Å². The minimum absolute atomic E-state index is 0.0638. The molecule has 1 aliphatic rings. The molecule has 1 fully saturated rings. The van der Waals surface area contributed by atoms with E-state index in [4.69, 9.17) is 0 Å². The van der Waals surface area contributed by atoms with Gasteiger partial charge in [-0.2, -0.15) is 0 Å². The molecule has 1 N–H and O–H groups in total. The zero-order valence-corrected chi connectivity index (χ0v) is 7.75. The Hall–Kier alpha value is -0.0800.